The number of hydrogen-bond donors (Lipinski definition) is 0. The van der Waals surface area contributed by atoms with Crippen LogP contribution in [-0.4, -0.2) is 9.78 Å². The van der Waals surface area contributed by atoms with Crippen LogP contribution in [0.2, 0.25) is 0 Å². The largest absolute Gasteiger partial charge is 0.269 e. The van der Waals surface area contributed by atoms with Gasteiger partial charge in [-0.1, -0.05) is 13.8 Å². The molecule has 12 heavy (non-hydrogen) atoms. The number of aromatic nitrogens is 2. The fraction of sp³-hybridized carbons (Fsp3) is 0.667. The predicted molar refractivity (Wildman–Crippen MR) is 46.8 cm³/mol. The van der Waals surface area contributed by atoms with Crippen molar-refractivity contribution in [3.8, 4) is 0 Å². The van der Waals surface area contributed by atoms with Crippen molar-refractivity contribution >= 4 is 0 Å². The summed E-state index contributed by atoms with van der Waals surface area (Å²) in [6.07, 6.45) is 0.811. The molecular formula is C9H15FN2. The molecule has 0 aromatic carbocycles. The molecule has 0 bridgehead atoms. The van der Waals surface area contributed by atoms with E-state index in [1.54, 1.807) is 24.9 Å². The van der Waals surface area contributed by atoms with Gasteiger partial charge in [-0.05, 0) is 18.4 Å². The third-order valence-electron chi connectivity index (χ3n) is 2.01. The van der Waals surface area contributed by atoms with Crippen LogP contribution in [0.1, 0.15) is 44.1 Å². The van der Waals surface area contributed by atoms with Gasteiger partial charge < -0.3 is 0 Å². The van der Waals surface area contributed by atoms with E-state index in [9.17, 15) is 4.39 Å². The molecule has 0 fully saturated rings. The summed E-state index contributed by atoms with van der Waals surface area (Å²) in [5.41, 5.74) is 1.71. The van der Waals surface area contributed by atoms with Crippen LogP contribution >= 0.6 is 0 Å². The lowest BCUT2D eigenvalue weighted by molar-refractivity contribution is 0.350. The molecule has 0 saturated heterocycles. The van der Waals surface area contributed by atoms with Gasteiger partial charge in [0.15, 0.2) is 0 Å². The van der Waals surface area contributed by atoms with Crippen molar-refractivity contribution < 1.29 is 4.39 Å². The van der Waals surface area contributed by atoms with E-state index in [4.69, 9.17) is 0 Å². The zero-order chi connectivity index (χ0) is 9.30. The van der Waals surface area contributed by atoms with E-state index in [1.807, 2.05) is 13.8 Å². The molecular weight excluding hydrogens is 155 g/mol. The van der Waals surface area contributed by atoms with Crippen molar-refractivity contribution in [2.75, 3.05) is 0 Å². The standard InChI is InChI=1S/C9H15FN2/c1-6(2)8-5-11-12(4)9(8)7(3)10/h5-7H,1-4H3. The quantitative estimate of drug-likeness (QED) is 0.667. The van der Waals surface area contributed by atoms with Gasteiger partial charge >= 0.3 is 0 Å². The minimum atomic E-state index is -0.935. The first-order valence-corrected chi connectivity index (χ1v) is 4.20. The van der Waals surface area contributed by atoms with Gasteiger partial charge in [0.05, 0.1) is 11.9 Å². The fourth-order valence-electron chi connectivity index (χ4n) is 1.40. The summed E-state index contributed by atoms with van der Waals surface area (Å²) in [5.74, 6) is 0.340. The van der Waals surface area contributed by atoms with Crippen LogP contribution in [0.4, 0.5) is 4.39 Å². The Morgan fingerprint density at radius 1 is 1.42 bits per heavy atom. The maximum atomic E-state index is 13.1. The fourth-order valence-corrected chi connectivity index (χ4v) is 1.40. The average molecular weight is 170 g/mol. The van der Waals surface area contributed by atoms with E-state index in [2.05, 4.69) is 5.10 Å². The van der Waals surface area contributed by atoms with Gasteiger partial charge in [-0.15, -0.1) is 0 Å². The van der Waals surface area contributed by atoms with E-state index in [-0.39, 0.29) is 0 Å². The third kappa shape index (κ3) is 1.49. The number of nitrogens with zero attached hydrogens (tertiary/aromatic N) is 2. The molecule has 1 rings (SSSR count). The van der Waals surface area contributed by atoms with Crippen LogP contribution < -0.4 is 0 Å². The zero-order valence-corrected chi connectivity index (χ0v) is 8.00. The number of halogens is 1. The second-order valence-electron chi connectivity index (χ2n) is 3.38. The normalized spacial score (nSPS) is 13.8. The Bertz CT molecular complexity index is 263. The van der Waals surface area contributed by atoms with Gasteiger partial charge in [-0.25, -0.2) is 4.39 Å². The first kappa shape index (κ1) is 9.23. The molecule has 0 aliphatic carbocycles. The van der Waals surface area contributed by atoms with E-state index in [1.165, 1.54) is 0 Å². The van der Waals surface area contributed by atoms with Crippen LogP contribution in [0.3, 0.4) is 0 Å². The smallest absolute Gasteiger partial charge is 0.139 e. The van der Waals surface area contributed by atoms with Gasteiger partial charge in [0.2, 0.25) is 0 Å². The van der Waals surface area contributed by atoms with Crippen molar-refractivity contribution in [1.29, 1.82) is 0 Å². The summed E-state index contributed by atoms with van der Waals surface area (Å²) in [4.78, 5) is 0. The number of alkyl halides is 1. The Kier molecular flexibility index (Phi) is 2.50. The lowest BCUT2D eigenvalue weighted by Crippen LogP contribution is -2.02. The molecule has 1 aromatic heterocycles. The lowest BCUT2D eigenvalue weighted by Gasteiger charge is -2.08. The van der Waals surface area contributed by atoms with Gasteiger partial charge in [-0.2, -0.15) is 5.10 Å². The van der Waals surface area contributed by atoms with Crippen LogP contribution in [0.15, 0.2) is 6.20 Å². The van der Waals surface area contributed by atoms with Crippen molar-refractivity contribution in [3.63, 3.8) is 0 Å². The molecule has 2 nitrogen and oxygen atoms in total. The molecule has 0 saturated carbocycles. The minimum absolute atomic E-state index is 0.340. The monoisotopic (exact) mass is 170 g/mol. The topological polar surface area (TPSA) is 17.8 Å². The molecule has 1 unspecified atom stereocenters. The van der Waals surface area contributed by atoms with E-state index in [0.717, 1.165) is 5.56 Å². The first-order valence-electron chi connectivity index (χ1n) is 4.20. The molecule has 1 heterocycles. The highest BCUT2D eigenvalue weighted by molar-refractivity contribution is 5.22. The van der Waals surface area contributed by atoms with Crippen molar-refractivity contribution in [2.24, 2.45) is 7.05 Å². The van der Waals surface area contributed by atoms with E-state index >= 15 is 0 Å². The van der Waals surface area contributed by atoms with Crippen molar-refractivity contribution in [2.45, 2.75) is 32.9 Å². The lowest BCUT2D eigenvalue weighted by atomic mass is 10.0. The summed E-state index contributed by atoms with van der Waals surface area (Å²) in [6, 6.07) is 0. The highest BCUT2D eigenvalue weighted by Gasteiger charge is 2.16. The molecule has 0 radical (unpaired) electrons. The third-order valence-corrected chi connectivity index (χ3v) is 2.01. The Labute approximate surface area is 72.4 Å². The number of aryl methyl sites for hydroxylation is 1. The van der Waals surface area contributed by atoms with Gasteiger partial charge in [0.25, 0.3) is 0 Å². The summed E-state index contributed by atoms with van der Waals surface area (Å²) in [6.45, 7) is 5.63. The van der Waals surface area contributed by atoms with Crippen molar-refractivity contribution in [3.05, 3.63) is 17.5 Å². The Balaban J connectivity index is 3.12. The molecule has 0 spiro atoms. The van der Waals surface area contributed by atoms with Gasteiger partial charge in [0.1, 0.15) is 6.17 Å². The van der Waals surface area contributed by atoms with E-state index < -0.39 is 6.17 Å². The molecule has 0 N–H and O–H groups in total. The molecule has 0 amide bonds. The van der Waals surface area contributed by atoms with Gasteiger partial charge in [0, 0.05) is 7.05 Å². The minimum Gasteiger partial charge on any atom is -0.269 e. The number of hydrogen-bond acceptors (Lipinski definition) is 1. The highest BCUT2D eigenvalue weighted by atomic mass is 19.1. The van der Waals surface area contributed by atoms with Crippen LogP contribution in [0.5, 0.6) is 0 Å². The maximum Gasteiger partial charge on any atom is 0.139 e. The maximum absolute atomic E-state index is 13.1. The zero-order valence-electron chi connectivity index (χ0n) is 8.00. The molecule has 1 atom stereocenters. The SMILES string of the molecule is CC(C)c1cnn(C)c1C(C)F. The van der Waals surface area contributed by atoms with Crippen LogP contribution in [-0.2, 0) is 7.05 Å². The Morgan fingerprint density at radius 3 is 2.33 bits per heavy atom. The summed E-state index contributed by atoms with van der Waals surface area (Å²) >= 11 is 0. The summed E-state index contributed by atoms with van der Waals surface area (Å²) in [5, 5.41) is 4.04. The average Bonchev–Trinajstić information content (AvgIpc) is 2.30. The van der Waals surface area contributed by atoms with E-state index in [0.29, 0.717) is 11.6 Å². The van der Waals surface area contributed by atoms with Crippen LogP contribution in [0, 0.1) is 0 Å². The predicted octanol–water partition coefficient (Wildman–Crippen LogP) is 2.57. The summed E-state index contributed by atoms with van der Waals surface area (Å²) < 4.78 is 14.7. The molecule has 0 aliphatic heterocycles. The molecule has 68 valence electrons. The molecule has 0 aliphatic rings. The first-order chi connectivity index (χ1) is 5.54. The Hall–Kier alpha value is -0.860. The Morgan fingerprint density at radius 2 is 2.00 bits per heavy atom. The molecule has 1 aromatic rings. The van der Waals surface area contributed by atoms with Crippen molar-refractivity contribution in [1.82, 2.24) is 9.78 Å². The molecule has 3 heteroatoms. The second-order valence-corrected chi connectivity index (χ2v) is 3.38. The highest BCUT2D eigenvalue weighted by Crippen LogP contribution is 2.25. The summed E-state index contributed by atoms with van der Waals surface area (Å²) in [7, 11) is 1.78. The van der Waals surface area contributed by atoms with Gasteiger partial charge in [-0.3, -0.25) is 4.68 Å². The second kappa shape index (κ2) is 3.25. The number of rotatable bonds is 2. The van der Waals surface area contributed by atoms with Crippen LogP contribution in [0.25, 0.3) is 0 Å².